The number of benzene rings is 1. The largest absolute Gasteiger partial charge is 0.454 e. The Labute approximate surface area is 224 Å². The Morgan fingerprint density at radius 2 is 2.00 bits per heavy atom. The van der Waals surface area contributed by atoms with E-state index in [1.165, 1.54) is 0 Å². The molecule has 5 heterocycles. The molecule has 2 aliphatic heterocycles. The predicted molar refractivity (Wildman–Crippen MR) is 148 cm³/mol. The molecule has 9 nitrogen and oxygen atoms in total. The summed E-state index contributed by atoms with van der Waals surface area (Å²) in [7, 11) is 0. The quantitative estimate of drug-likeness (QED) is 0.321. The minimum atomic E-state index is -0.975. The molecule has 2 saturated heterocycles. The molecule has 0 spiro atoms. The molecule has 3 aromatic heterocycles. The van der Waals surface area contributed by atoms with Crippen molar-refractivity contribution >= 4 is 40.0 Å². The molecule has 1 aromatic carbocycles. The van der Waals surface area contributed by atoms with Crippen LogP contribution in [0, 0.1) is 5.92 Å². The van der Waals surface area contributed by atoms with E-state index in [0.717, 1.165) is 72.4 Å². The average molecular weight is 529 g/mol. The van der Waals surface area contributed by atoms with E-state index < -0.39 is 6.23 Å². The number of hydrogen-bond donors (Lipinski definition) is 3. The molecule has 0 bridgehead atoms. The van der Waals surface area contributed by atoms with Gasteiger partial charge in [-0.05, 0) is 73.5 Å². The van der Waals surface area contributed by atoms with Gasteiger partial charge in [0.25, 0.3) is 5.24 Å². The molecule has 0 aliphatic carbocycles. The van der Waals surface area contributed by atoms with Crippen molar-refractivity contribution in [3.05, 3.63) is 77.1 Å². The fraction of sp³-hybridized carbons (Fsp3) is 0.286. The second-order valence-corrected chi connectivity index (χ2v) is 10.5. The third-order valence-electron chi connectivity index (χ3n) is 6.81. The molecule has 38 heavy (non-hydrogen) atoms. The van der Waals surface area contributed by atoms with Crippen LogP contribution in [0.5, 0.6) is 0 Å². The lowest BCUT2D eigenvalue weighted by Gasteiger charge is -2.32. The maximum atomic E-state index is 11.5. The summed E-state index contributed by atoms with van der Waals surface area (Å²) in [6.45, 7) is 3.38. The first-order valence-corrected chi connectivity index (χ1v) is 13.5. The number of para-hydroxylation sites is 1. The van der Waals surface area contributed by atoms with Crippen LogP contribution in [0.25, 0.3) is 28.5 Å². The maximum absolute atomic E-state index is 11.5. The van der Waals surface area contributed by atoms with Crippen LogP contribution in [0.3, 0.4) is 0 Å². The molecule has 0 radical (unpaired) electrons. The smallest absolute Gasteiger partial charge is 0.285 e. The van der Waals surface area contributed by atoms with Gasteiger partial charge in [-0.2, -0.15) is 0 Å². The van der Waals surface area contributed by atoms with Gasteiger partial charge in [-0.1, -0.05) is 24.3 Å². The van der Waals surface area contributed by atoms with Crippen LogP contribution in [-0.4, -0.2) is 51.2 Å². The highest BCUT2D eigenvalue weighted by Crippen LogP contribution is 2.29. The minimum absolute atomic E-state index is 0.261. The highest BCUT2D eigenvalue weighted by Gasteiger charge is 2.26. The van der Waals surface area contributed by atoms with Crippen molar-refractivity contribution in [3.8, 4) is 11.5 Å². The van der Waals surface area contributed by atoms with E-state index in [1.54, 1.807) is 18.3 Å². The number of piperidine rings is 1. The summed E-state index contributed by atoms with van der Waals surface area (Å²) in [4.78, 5) is 28.1. The molecule has 1 amide bonds. The number of thioether (sulfide) groups is 1. The van der Waals surface area contributed by atoms with Gasteiger partial charge in [-0.15, -0.1) is 0 Å². The van der Waals surface area contributed by atoms with Gasteiger partial charge in [0.15, 0.2) is 12.0 Å². The maximum Gasteiger partial charge on any atom is 0.285 e. The molecule has 1 atom stereocenters. The molecule has 194 valence electrons. The van der Waals surface area contributed by atoms with Crippen molar-refractivity contribution in [1.82, 2.24) is 25.6 Å². The van der Waals surface area contributed by atoms with E-state index >= 15 is 0 Å². The van der Waals surface area contributed by atoms with E-state index in [1.807, 2.05) is 48.5 Å². The van der Waals surface area contributed by atoms with Crippen LogP contribution in [0.15, 0.2) is 70.1 Å². The summed E-state index contributed by atoms with van der Waals surface area (Å²) in [6.07, 6.45) is 4.56. The topological polar surface area (TPSA) is 116 Å². The number of aromatic nitrogens is 3. The fourth-order valence-electron chi connectivity index (χ4n) is 4.79. The van der Waals surface area contributed by atoms with Crippen LogP contribution in [0.1, 0.15) is 24.2 Å². The molecule has 2 fully saturated rings. The normalized spacial score (nSPS) is 19.4. The number of nitrogens with one attached hydrogen (secondary N) is 2. The van der Waals surface area contributed by atoms with Gasteiger partial charge in [0, 0.05) is 36.1 Å². The van der Waals surface area contributed by atoms with Crippen LogP contribution >= 0.6 is 11.8 Å². The van der Waals surface area contributed by atoms with Crippen LogP contribution in [-0.2, 0) is 6.54 Å². The highest BCUT2D eigenvalue weighted by molar-refractivity contribution is 8.17. The predicted octanol–water partition coefficient (Wildman–Crippen LogP) is 4.41. The Balaban J connectivity index is 1.00. The Hall–Kier alpha value is -3.73. The summed E-state index contributed by atoms with van der Waals surface area (Å²) in [6, 6.07) is 17.8. The second kappa shape index (κ2) is 10.9. The number of carbonyl (C=O) groups excluding carboxylic acids is 1. The van der Waals surface area contributed by atoms with Crippen LogP contribution < -0.4 is 15.5 Å². The standard InChI is InChI=1S/C28H28N6O3S/c35-26-25(38-28(36)33-26)15-20-8-11-30-27(32-20)34-12-9-18(10-13-34)16-29-17-21-5-3-6-22(31-21)24-14-19-4-1-2-7-23(19)37-24/h1-8,11,14-15,18,26,29,35H,9-10,12-13,16-17H2,(H,33,36). The molecule has 6 rings (SSSR count). The lowest BCUT2D eigenvalue weighted by atomic mass is 9.97. The molecule has 1 unspecified atom stereocenters. The number of aliphatic hydroxyl groups excluding tert-OH is 1. The van der Waals surface area contributed by atoms with Crippen molar-refractivity contribution in [3.63, 3.8) is 0 Å². The molecular weight excluding hydrogens is 500 g/mol. The number of carbonyl (C=O) groups is 1. The van der Waals surface area contributed by atoms with E-state index in [4.69, 9.17) is 9.40 Å². The van der Waals surface area contributed by atoms with Crippen molar-refractivity contribution < 1.29 is 14.3 Å². The van der Waals surface area contributed by atoms with Crippen molar-refractivity contribution in [2.24, 2.45) is 5.92 Å². The first-order valence-electron chi connectivity index (χ1n) is 12.7. The number of furan rings is 1. The van der Waals surface area contributed by atoms with Gasteiger partial charge in [-0.25, -0.2) is 15.0 Å². The Bertz CT molecular complexity index is 1450. The first-order chi connectivity index (χ1) is 18.6. The zero-order valence-electron chi connectivity index (χ0n) is 20.7. The number of aliphatic hydroxyl groups is 1. The number of fused-ring (bicyclic) bond motifs is 1. The zero-order valence-corrected chi connectivity index (χ0v) is 21.5. The van der Waals surface area contributed by atoms with Crippen molar-refractivity contribution in [2.75, 3.05) is 24.5 Å². The lowest BCUT2D eigenvalue weighted by molar-refractivity contribution is 0.192. The number of hydrogen-bond acceptors (Lipinski definition) is 9. The fourth-order valence-corrected chi connectivity index (χ4v) is 5.52. The molecule has 4 aromatic rings. The molecule has 2 aliphatic rings. The molecular formula is C28H28N6O3S. The third kappa shape index (κ3) is 5.57. The van der Waals surface area contributed by atoms with E-state index in [0.29, 0.717) is 29.0 Å². The average Bonchev–Trinajstić information content (AvgIpc) is 3.51. The van der Waals surface area contributed by atoms with Crippen LogP contribution in [0.2, 0.25) is 0 Å². The second-order valence-electron chi connectivity index (χ2n) is 9.49. The van der Waals surface area contributed by atoms with E-state index in [9.17, 15) is 9.90 Å². The number of rotatable bonds is 7. The van der Waals surface area contributed by atoms with Gasteiger partial charge in [0.1, 0.15) is 11.3 Å². The Morgan fingerprint density at radius 3 is 2.82 bits per heavy atom. The summed E-state index contributed by atoms with van der Waals surface area (Å²) in [5.41, 5.74) is 3.38. The SMILES string of the molecule is O=C1NC(O)C(=Cc2ccnc(N3CCC(CNCc4cccc(-c5cc6ccccc6o5)n4)CC3)n2)S1. The Kier molecular flexibility index (Phi) is 7.08. The summed E-state index contributed by atoms with van der Waals surface area (Å²) in [5, 5.41) is 16.8. The van der Waals surface area contributed by atoms with Gasteiger partial charge >= 0.3 is 0 Å². The van der Waals surface area contributed by atoms with Gasteiger partial charge < -0.3 is 25.1 Å². The summed E-state index contributed by atoms with van der Waals surface area (Å²) < 4.78 is 5.98. The monoisotopic (exact) mass is 528 g/mol. The van der Waals surface area contributed by atoms with Crippen molar-refractivity contribution in [1.29, 1.82) is 0 Å². The summed E-state index contributed by atoms with van der Waals surface area (Å²) in [5.74, 6) is 2.03. The Morgan fingerprint density at radius 1 is 1.13 bits per heavy atom. The van der Waals surface area contributed by atoms with E-state index in [2.05, 4.69) is 25.5 Å². The van der Waals surface area contributed by atoms with Crippen molar-refractivity contribution in [2.45, 2.75) is 25.6 Å². The molecule has 0 saturated carbocycles. The van der Waals surface area contributed by atoms with Gasteiger partial charge in [0.05, 0.1) is 11.4 Å². The lowest BCUT2D eigenvalue weighted by Crippen LogP contribution is -2.38. The number of amides is 1. The van der Waals surface area contributed by atoms with Gasteiger partial charge in [-0.3, -0.25) is 4.79 Å². The minimum Gasteiger partial charge on any atom is -0.454 e. The van der Waals surface area contributed by atoms with Crippen LogP contribution in [0.4, 0.5) is 10.7 Å². The highest BCUT2D eigenvalue weighted by atomic mass is 32.2. The third-order valence-corrected chi connectivity index (χ3v) is 7.69. The number of pyridine rings is 1. The van der Waals surface area contributed by atoms with Gasteiger partial charge in [0.2, 0.25) is 5.95 Å². The van der Waals surface area contributed by atoms with E-state index in [-0.39, 0.29) is 5.24 Å². The molecule has 3 N–H and O–H groups in total. The first kappa shape index (κ1) is 24.6. The number of anilines is 1. The summed E-state index contributed by atoms with van der Waals surface area (Å²) >= 11 is 0.987. The number of nitrogens with zero attached hydrogens (tertiary/aromatic N) is 4. The zero-order chi connectivity index (χ0) is 25.9. The molecule has 10 heteroatoms.